The van der Waals surface area contributed by atoms with Gasteiger partial charge < -0.3 is 4.74 Å². The topological polar surface area (TPSA) is 52.6 Å². The molecule has 0 unspecified atom stereocenters. The Morgan fingerprint density at radius 3 is 1.55 bits per heavy atom. The Morgan fingerprint density at radius 2 is 1.15 bits per heavy atom. The molecule has 0 N–H and O–H groups in total. The van der Waals surface area contributed by atoms with Crippen molar-refractivity contribution in [1.82, 2.24) is 0 Å². The van der Waals surface area contributed by atoms with E-state index in [9.17, 15) is 8.42 Å². The summed E-state index contributed by atoms with van der Waals surface area (Å²) in [5.74, 6) is 0.504. The molecule has 5 heteroatoms. The number of rotatable bonds is 9. The zero-order valence-electron chi connectivity index (χ0n) is 19.1. The van der Waals surface area contributed by atoms with Crippen molar-refractivity contribution in [3.63, 3.8) is 0 Å². The lowest BCUT2D eigenvalue weighted by molar-refractivity contribution is 0.00108. The van der Waals surface area contributed by atoms with Crippen molar-refractivity contribution in [2.75, 3.05) is 12.9 Å². The quantitative estimate of drug-likeness (QED) is 0.291. The van der Waals surface area contributed by atoms with E-state index >= 15 is 0 Å². The van der Waals surface area contributed by atoms with Gasteiger partial charge >= 0.3 is 0 Å². The summed E-state index contributed by atoms with van der Waals surface area (Å²) in [6, 6.07) is 31.2. The van der Waals surface area contributed by atoms with Gasteiger partial charge in [-0.3, -0.25) is 4.18 Å². The molecule has 3 aromatic rings. The van der Waals surface area contributed by atoms with E-state index in [1.165, 1.54) is 0 Å². The maximum atomic E-state index is 11.4. The van der Waals surface area contributed by atoms with E-state index in [1.807, 2.05) is 18.2 Å². The Bertz CT molecular complexity index is 994. The fraction of sp³-hybridized carbons (Fsp3) is 0.357. The Kier molecular flexibility index (Phi) is 7.63. The third kappa shape index (κ3) is 5.91. The van der Waals surface area contributed by atoms with E-state index in [1.54, 1.807) is 0 Å². The molecule has 174 valence electrons. The van der Waals surface area contributed by atoms with Crippen LogP contribution in [0.2, 0.25) is 0 Å². The third-order valence-electron chi connectivity index (χ3n) is 6.49. The molecule has 0 atom stereocenters. The van der Waals surface area contributed by atoms with Crippen molar-refractivity contribution in [2.24, 2.45) is 5.92 Å². The molecule has 0 saturated heterocycles. The van der Waals surface area contributed by atoms with Gasteiger partial charge in [-0.2, -0.15) is 8.42 Å². The molecule has 1 saturated carbocycles. The number of benzene rings is 3. The zero-order chi connectivity index (χ0) is 23.2. The molecule has 0 spiro atoms. The van der Waals surface area contributed by atoms with Crippen molar-refractivity contribution >= 4 is 10.1 Å². The average Bonchev–Trinajstić information content (AvgIpc) is 2.84. The van der Waals surface area contributed by atoms with Crippen molar-refractivity contribution in [3.8, 4) is 0 Å². The highest BCUT2D eigenvalue weighted by Gasteiger charge is 2.37. The molecule has 4 nitrogen and oxygen atoms in total. The summed E-state index contributed by atoms with van der Waals surface area (Å²) in [5.41, 5.74) is 2.62. The van der Waals surface area contributed by atoms with Crippen molar-refractivity contribution < 1.29 is 17.3 Å². The zero-order valence-corrected chi connectivity index (χ0v) is 19.9. The number of hydrogen-bond acceptors (Lipinski definition) is 4. The second-order valence-corrected chi connectivity index (χ2v) is 10.5. The fourth-order valence-electron chi connectivity index (χ4n) is 4.91. The molecule has 0 radical (unpaired) electrons. The Hall–Kier alpha value is -2.47. The van der Waals surface area contributed by atoms with Crippen LogP contribution in [0.3, 0.4) is 0 Å². The van der Waals surface area contributed by atoms with E-state index < -0.39 is 15.7 Å². The molecule has 4 rings (SSSR count). The minimum atomic E-state index is -3.39. The van der Waals surface area contributed by atoms with Crippen LogP contribution in [-0.2, 0) is 24.6 Å². The van der Waals surface area contributed by atoms with Crippen LogP contribution in [-0.4, -0.2) is 27.4 Å². The molecular weight excluding hydrogens is 432 g/mol. The lowest BCUT2D eigenvalue weighted by Crippen LogP contribution is -2.34. The predicted octanol–water partition coefficient (Wildman–Crippen LogP) is 5.92. The van der Waals surface area contributed by atoms with Crippen LogP contribution in [0.25, 0.3) is 0 Å². The summed E-state index contributed by atoms with van der Waals surface area (Å²) in [7, 11) is -3.39. The summed E-state index contributed by atoms with van der Waals surface area (Å²) in [6.45, 7) is 0.612. The van der Waals surface area contributed by atoms with Crippen molar-refractivity contribution in [2.45, 2.75) is 43.8 Å². The first-order chi connectivity index (χ1) is 16.0. The molecule has 3 aromatic carbocycles. The molecule has 1 fully saturated rings. The lowest BCUT2D eigenvalue weighted by atomic mass is 9.80. The third-order valence-corrected chi connectivity index (χ3v) is 7.11. The molecule has 0 bridgehead atoms. The van der Waals surface area contributed by atoms with Crippen molar-refractivity contribution in [1.29, 1.82) is 0 Å². The maximum Gasteiger partial charge on any atom is 0.264 e. The first-order valence-electron chi connectivity index (χ1n) is 11.7. The van der Waals surface area contributed by atoms with Crippen LogP contribution in [0.4, 0.5) is 0 Å². The molecular formula is C28H32O4S. The van der Waals surface area contributed by atoms with Crippen LogP contribution in [0.15, 0.2) is 91.0 Å². The van der Waals surface area contributed by atoms with E-state index in [-0.39, 0.29) is 6.10 Å². The molecule has 0 aromatic heterocycles. The highest BCUT2D eigenvalue weighted by molar-refractivity contribution is 7.86. The molecule has 33 heavy (non-hydrogen) atoms. The summed E-state index contributed by atoms with van der Waals surface area (Å²) >= 11 is 0. The van der Waals surface area contributed by atoms with E-state index in [4.69, 9.17) is 8.92 Å². The summed E-state index contributed by atoms with van der Waals surface area (Å²) in [6.07, 6.45) is 5.34. The van der Waals surface area contributed by atoms with Crippen LogP contribution in [0, 0.1) is 5.92 Å². The van der Waals surface area contributed by atoms with E-state index in [0.717, 1.165) is 55.1 Å². The fourth-order valence-corrected chi connectivity index (χ4v) is 5.60. The summed E-state index contributed by atoms with van der Waals surface area (Å²) in [4.78, 5) is 0. The number of hydrogen-bond donors (Lipinski definition) is 0. The van der Waals surface area contributed by atoms with Crippen LogP contribution < -0.4 is 0 Å². The Balaban J connectivity index is 1.54. The molecule has 1 aliphatic carbocycles. The van der Waals surface area contributed by atoms with Gasteiger partial charge in [0.2, 0.25) is 0 Å². The van der Waals surface area contributed by atoms with Gasteiger partial charge in [0.15, 0.2) is 0 Å². The standard InChI is InChI=1S/C28H32O4S/c1-33(29,30)32-27-19-17-23(18-20-27)21-22-31-28(24-11-5-2-6-12-24,25-13-7-3-8-14-25)26-15-9-4-10-16-26/h2-16,23,27H,17-22H2,1H3/t23-,27-. The largest absolute Gasteiger partial charge is 0.361 e. The van der Waals surface area contributed by atoms with Crippen LogP contribution in [0.5, 0.6) is 0 Å². The Labute approximate surface area is 197 Å². The van der Waals surface area contributed by atoms with Gasteiger partial charge in [-0.25, -0.2) is 0 Å². The van der Waals surface area contributed by atoms with Crippen molar-refractivity contribution in [3.05, 3.63) is 108 Å². The molecule has 0 heterocycles. The highest BCUT2D eigenvalue weighted by atomic mass is 32.2. The van der Waals surface area contributed by atoms with Gasteiger partial charge in [0.1, 0.15) is 5.60 Å². The van der Waals surface area contributed by atoms with Gasteiger partial charge in [-0.1, -0.05) is 91.0 Å². The highest BCUT2D eigenvalue weighted by Crippen LogP contribution is 2.41. The first kappa shape index (κ1) is 23.7. The smallest absolute Gasteiger partial charge is 0.264 e. The summed E-state index contributed by atoms with van der Waals surface area (Å²) < 4.78 is 34.9. The SMILES string of the molecule is CS(=O)(=O)O[C@H]1CC[C@H](CCOC(c2ccccc2)(c2ccccc2)c2ccccc2)CC1. The first-order valence-corrected chi connectivity index (χ1v) is 13.5. The number of ether oxygens (including phenoxy) is 1. The summed E-state index contributed by atoms with van der Waals surface area (Å²) in [5, 5.41) is 0. The minimum absolute atomic E-state index is 0.186. The van der Waals surface area contributed by atoms with Crippen LogP contribution >= 0.6 is 0 Å². The van der Waals surface area contributed by atoms with Gasteiger partial charge in [-0.05, 0) is 54.7 Å². The van der Waals surface area contributed by atoms with Gasteiger partial charge in [0.05, 0.1) is 12.4 Å². The van der Waals surface area contributed by atoms with Gasteiger partial charge in [0.25, 0.3) is 10.1 Å². The molecule has 0 amide bonds. The molecule has 1 aliphatic rings. The van der Waals surface area contributed by atoms with E-state index in [2.05, 4.69) is 72.8 Å². The van der Waals surface area contributed by atoms with Gasteiger partial charge in [-0.15, -0.1) is 0 Å². The van der Waals surface area contributed by atoms with Gasteiger partial charge in [0, 0.05) is 6.61 Å². The normalized spacial score (nSPS) is 19.3. The predicted molar refractivity (Wildman–Crippen MR) is 131 cm³/mol. The average molecular weight is 465 g/mol. The second kappa shape index (κ2) is 10.6. The minimum Gasteiger partial charge on any atom is -0.361 e. The second-order valence-electron chi connectivity index (χ2n) is 8.86. The monoisotopic (exact) mass is 464 g/mol. The lowest BCUT2D eigenvalue weighted by Gasteiger charge is -2.37. The van der Waals surface area contributed by atoms with E-state index in [0.29, 0.717) is 12.5 Å². The maximum absolute atomic E-state index is 11.4. The van der Waals surface area contributed by atoms with Crippen LogP contribution in [0.1, 0.15) is 48.8 Å². The Morgan fingerprint density at radius 1 is 0.727 bits per heavy atom. The molecule has 0 aliphatic heterocycles.